The summed E-state index contributed by atoms with van der Waals surface area (Å²) in [5.41, 5.74) is 0.828. The number of carbonyl (C=O) groups excluding carboxylic acids is 1. The number of ether oxygens (including phenoxy) is 1. The third kappa shape index (κ3) is 2.85. The molecule has 0 aliphatic rings. The van der Waals surface area contributed by atoms with E-state index in [9.17, 15) is 14.9 Å². The van der Waals surface area contributed by atoms with E-state index in [0.29, 0.717) is 12.9 Å². The van der Waals surface area contributed by atoms with Crippen LogP contribution >= 0.6 is 0 Å². The summed E-state index contributed by atoms with van der Waals surface area (Å²) in [5.74, 6) is 0. The summed E-state index contributed by atoms with van der Waals surface area (Å²) in [6.45, 7) is 0.599. The highest BCUT2D eigenvalue weighted by atomic mass is 16.6. The molecule has 0 saturated carbocycles. The molecule has 14 heavy (non-hydrogen) atoms. The van der Waals surface area contributed by atoms with Crippen molar-refractivity contribution < 1.29 is 14.5 Å². The van der Waals surface area contributed by atoms with E-state index in [0.717, 1.165) is 5.56 Å². The lowest BCUT2D eigenvalue weighted by atomic mass is 10.1. The summed E-state index contributed by atoms with van der Waals surface area (Å²) < 4.78 is 4.49. The molecule has 0 amide bonds. The normalized spacial score (nSPS) is 9.43. The predicted molar refractivity (Wildman–Crippen MR) is 48.8 cm³/mol. The van der Waals surface area contributed by atoms with E-state index in [-0.39, 0.29) is 12.3 Å². The highest BCUT2D eigenvalue weighted by Gasteiger charge is 2.04. The van der Waals surface area contributed by atoms with Crippen LogP contribution in [-0.4, -0.2) is 18.0 Å². The maximum absolute atomic E-state index is 10.4. The lowest BCUT2D eigenvalue weighted by Crippen LogP contribution is -1.97. The molecule has 0 aliphatic carbocycles. The van der Waals surface area contributed by atoms with Gasteiger partial charge in [-0.3, -0.25) is 14.9 Å². The van der Waals surface area contributed by atoms with E-state index in [4.69, 9.17) is 0 Å². The van der Waals surface area contributed by atoms with Crippen molar-refractivity contribution in [1.82, 2.24) is 0 Å². The number of nitrogens with zero attached hydrogens (tertiary/aromatic N) is 1. The fourth-order valence-electron chi connectivity index (χ4n) is 1.05. The number of nitro benzene ring substituents is 1. The maximum Gasteiger partial charge on any atom is 0.293 e. The number of carbonyl (C=O) groups is 1. The van der Waals surface area contributed by atoms with Crippen molar-refractivity contribution in [1.29, 1.82) is 0 Å². The molecule has 1 aromatic rings. The van der Waals surface area contributed by atoms with Crippen LogP contribution in [0.4, 0.5) is 5.69 Å². The predicted octanol–water partition coefficient (Wildman–Crippen LogP) is 1.31. The van der Waals surface area contributed by atoms with Crippen molar-refractivity contribution in [2.45, 2.75) is 6.42 Å². The summed E-state index contributed by atoms with van der Waals surface area (Å²) in [6, 6.07) is 6.24. The molecule has 5 heteroatoms. The minimum absolute atomic E-state index is 0.0496. The lowest BCUT2D eigenvalue weighted by molar-refractivity contribution is -0.384. The molecule has 0 spiro atoms. The van der Waals surface area contributed by atoms with Gasteiger partial charge >= 0.3 is 0 Å². The largest absolute Gasteiger partial charge is 0.468 e. The average Bonchev–Trinajstić information content (AvgIpc) is 2.19. The molecule has 74 valence electrons. The zero-order chi connectivity index (χ0) is 10.4. The van der Waals surface area contributed by atoms with Crippen LogP contribution in [0.15, 0.2) is 24.3 Å². The molecule has 0 heterocycles. The number of hydrogen-bond donors (Lipinski definition) is 0. The smallest absolute Gasteiger partial charge is 0.293 e. The van der Waals surface area contributed by atoms with Gasteiger partial charge in [0, 0.05) is 18.6 Å². The van der Waals surface area contributed by atoms with Crippen LogP contribution in [0.2, 0.25) is 0 Å². The molecule has 0 fully saturated rings. The average molecular weight is 195 g/mol. The minimum atomic E-state index is -0.454. The van der Waals surface area contributed by atoms with E-state index in [1.165, 1.54) is 12.1 Å². The number of hydrogen-bond acceptors (Lipinski definition) is 4. The molecule has 0 aromatic heterocycles. The molecule has 0 bridgehead atoms. The molecule has 0 N–H and O–H groups in total. The topological polar surface area (TPSA) is 69.4 Å². The van der Waals surface area contributed by atoms with Crippen LogP contribution in [0.5, 0.6) is 0 Å². The molecule has 0 radical (unpaired) electrons. The van der Waals surface area contributed by atoms with E-state index < -0.39 is 4.92 Å². The number of benzene rings is 1. The molecule has 0 atom stereocenters. The molecule has 5 nitrogen and oxygen atoms in total. The fraction of sp³-hybridized carbons (Fsp3) is 0.222. The van der Waals surface area contributed by atoms with Crippen molar-refractivity contribution >= 4 is 12.2 Å². The van der Waals surface area contributed by atoms with Crippen LogP contribution in [0.3, 0.4) is 0 Å². The summed E-state index contributed by atoms with van der Waals surface area (Å²) >= 11 is 0. The Morgan fingerprint density at radius 1 is 1.50 bits per heavy atom. The second kappa shape index (κ2) is 4.96. The van der Waals surface area contributed by atoms with Crippen LogP contribution in [0.1, 0.15) is 5.56 Å². The molecule has 0 unspecified atom stereocenters. The number of nitro groups is 1. The Labute approximate surface area is 80.5 Å². The fourth-order valence-corrected chi connectivity index (χ4v) is 1.05. The summed E-state index contributed by atoms with van der Waals surface area (Å²) in [5, 5.41) is 10.4. The summed E-state index contributed by atoms with van der Waals surface area (Å²) in [6.07, 6.45) is 0.487. The van der Waals surface area contributed by atoms with Crippen LogP contribution < -0.4 is 0 Å². The Kier molecular flexibility index (Phi) is 3.60. The quantitative estimate of drug-likeness (QED) is 0.307. The van der Waals surface area contributed by atoms with Gasteiger partial charge in [0.2, 0.25) is 0 Å². The van der Waals surface area contributed by atoms with E-state index in [1.54, 1.807) is 12.1 Å². The van der Waals surface area contributed by atoms with E-state index in [2.05, 4.69) is 4.74 Å². The van der Waals surface area contributed by atoms with Crippen LogP contribution in [-0.2, 0) is 16.0 Å². The Balaban J connectivity index is 2.63. The van der Waals surface area contributed by atoms with Crippen molar-refractivity contribution in [2.75, 3.05) is 6.61 Å². The van der Waals surface area contributed by atoms with Crippen LogP contribution in [0, 0.1) is 10.1 Å². The first kappa shape index (κ1) is 10.2. The van der Waals surface area contributed by atoms with Gasteiger partial charge in [-0.15, -0.1) is 0 Å². The van der Waals surface area contributed by atoms with Gasteiger partial charge in [0.05, 0.1) is 11.5 Å². The number of rotatable bonds is 5. The van der Waals surface area contributed by atoms with E-state index in [1.807, 2.05) is 0 Å². The molecule has 1 aromatic carbocycles. The minimum Gasteiger partial charge on any atom is -0.468 e. The van der Waals surface area contributed by atoms with E-state index >= 15 is 0 Å². The monoisotopic (exact) mass is 195 g/mol. The molecular weight excluding hydrogens is 186 g/mol. The summed E-state index contributed by atoms with van der Waals surface area (Å²) in [7, 11) is 0. The Morgan fingerprint density at radius 2 is 2.29 bits per heavy atom. The second-order valence-corrected chi connectivity index (χ2v) is 2.64. The molecule has 0 saturated heterocycles. The van der Waals surface area contributed by atoms with Crippen LogP contribution in [0.25, 0.3) is 0 Å². The van der Waals surface area contributed by atoms with Gasteiger partial charge in [-0.2, -0.15) is 0 Å². The standard InChI is InChI=1S/C9H9NO4/c11-7-14-5-4-8-2-1-3-9(6-8)10(12)13/h1-3,6-7H,4-5H2. The molecule has 0 aliphatic heterocycles. The first-order valence-electron chi connectivity index (χ1n) is 4.02. The SMILES string of the molecule is O=COCCc1cccc([N+](=O)[O-])c1. The maximum atomic E-state index is 10.4. The Bertz CT molecular complexity index is 337. The highest BCUT2D eigenvalue weighted by molar-refractivity contribution is 5.37. The van der Waals surface area contributed by atoms with Gasteiger partial charge < -0.3 is 4.74 Å². The first-order valence-corrected chi connectivity index (χ1v) is 4.02. The van der Waals surface area contributed by atoms with Crippen molar-refractivity contribution in [3.8, 4) is 0 Å². The zero-order valence-electron chi connectivity index (χ0n) is 7.38. The van der Waals surface area contributed by atoms with Gasteiger partial charge in [-0.25, -0.2) is 0 Å². The highest BCUT2D eigenvalue weighted by Crippen LogP contribution is 2.13. The lowest BCUT2D eigenvalue weighted by Gasteiger charge is -1.99. The van der Waals surface area contributed by atoms with Crippen molar-refractivity contribution in [3.05, 3.63) is 39.9 Å². The third-order valence-corrected chi connectivity index (χ3v) is 1.70. The molecule has 1 rings (SSSR count). The first-order chi connectivity index (χ1) is 6.74. The van der Waals surface area contributed by atoms with Crippen molar-refractivity contribution in [3.63, 3.8) is 0 Å². The Morgan fingerprint density at radius 3 is 2.93 bits per heavy atom. The summed E-state index contributed by atoms with van der Waals surface area (Å²) in [4.78, 5) is 19.8. The van der Waals surface area contributed by atoms with Gasteiger partial charge in [-0.1, -0.05) is 12.1 Å². The van der Waals surface area contributed by atoms with Gasteiger partial charge in [-0.05, 0) is 5.56 Å². The second-order valence-electron chi connectivity index (χ2n) is 2.64. The number of non-ortho nitro benzene ring substituents is 1. The van der Waals surface area contributed by atoms with Gasteiger partial charge in [0.25, 0.3) is 12.2 Å². The zero-order valence-corrected chi connectivity index (χ0v) is 7.38. The van der Waals surface area contributed by atoms with Gasteiger partial charge in [0.1, 0.15) is 0 Å². The Hall–Kier alpha value is -1.91. The molecular formula is C9H9NO4. The third-order valence-electron chi connectivity index (χ3n) is 1.70. The van der Waals surface area contributed by atoms with Crippen molar-refractivity contribution in [2.24, 2.45) is 0 Å². The van der Waals surface area contributed by atoms with Gasteiger partial charge in [0.15, 0.2) is 0 Å².